The Morgan fingerprint density at radius 1 is 0.758 bits per heavy atom. The van der Waals surface area contributed by atoms with Crippen LogP contribution in [0, 0.1) is 0 Å². The standard InChI is InChI=1S/C20H30N2O9P2/c23-11-17-5-1-3-15(19(17)25)9-21(13-32(27)28)7-8-22(14-33(29,30)31)10-16-4-2-6-18(12-24)20(16)26/h1-6,23-28H,7-14H2,(H2,29,30,31). The quantitative estimate of drug-likeness (QED) is 0.180. The Kier molecular flexibility index (Phi) is 10.7. The van der Waals surface area contributed by atoms with Crippen molar-refractivity contribution in [2.45, 2.75) is 26.3 Å². The van der Waals surface area contributed by atoms with E-state index in [1.807, 2.05) is 0 Å². The van der Waals surface area contributed by atoms with Gasteiger partial charge >= 0.3 is 7.60 Å². The van der Waals surface area contributed by atoms with Crippen molar-refractivity contribution >= 4 is 16.0 Å². The Balaban J connectivity index is 2.20. The summed E-state index contributed by atoms with van der Waals surface area (Å²) in [5.41, 5.74) is 1.44. The molecular formula is C20H30N2O9P2. The molecule has 0 atom stereocenters. The third kappa shape index (κ3) is 8.92. The summed E-state index contributed by atoms with van der Waals surface area (Å²) in [7, 11) is -6.77. The maximum absolute atomic E-state index is 11.7. The van der Waals surface area contributed by atoms with Gasteiger partial charge in [0, 0.05) is 48.4 Å². The van der Waals surface area contributed by atoms with Crippen molar-refractivity contribution in [2.24, 2.45) is 0 Å². The van der Waals surface area contributed by atoms with E-state index in [0.29, 0.717) is 16.7 Å². The lowest BCUT2D eigenvalue weighted by Crippen LogP contribution is -2.35. The lowest BCUT2D eigenvalue weighted by Gasteiger charge is -2.28. The van der Waals surface area contributed by atoms with Gasteiger partial charge in [-0.1, -0.05) is 36.4 Å². The number of hydrogen-bond acceptors (Lipinski definition) is 9. The summed E-state index contributed by atoms with van der Waals surface area (Å²) in [5.74, 6) is -0.268. The molecule has 0 aliphatic rings. The van der Waals surface area contributed by atoms with Crippen molar-refractivity contribution in [3.63, 3.8) is 0 Å². The predicted molar refractivity (Wildman–Crippen MR) is 122 cm³/mol. The zero-order valence-electron chi connectivity index (χ0n) is 17.9. The van der Waals surface area contributed by atoms with E-state index in [4.69, 9.17) is 0 Å². The first kappa shape index (κ1) is 27.6. The average molecular weight is 504 g/mol. The van der Waals surface area contributed by atoms with Crippen LogP contribution in [0.15, 0.2) is 36.4 Å². The van der Waals surface area contributed by atoms with Crippen LogP contribution in [0.1, 0.15) is 22.3 Å². The van der Waals surface area contributed by atoms with Gasteiger partial charge in [0.2, 0.25) is 0 Å². The first-order valence-corrected chi connectivity index (χ1v) is 13.2. The minimum absolute atomic E-state index is 0.0170. The monoisotopic (exact) mass is 504 g/mol. The number of aliphatic hydroxyl groups excluding tert-OH is 2. The van der Waals surface area contributed by atoms with Gasteiger partial charge in [0.05, 0.1) is 19.5 Å². The molecule has 0 aliphatic carbocycles. The first-order valence-electron chi connectivity index (χ1n) is 9.99. The molecule has 184 valence electrons. The molecule has 0 aromatic heterocycles. The van der Waals surface area contributed by atoms with Crippen molar-refractivity contribution in [2.75, 3.05) is 25.7 Å². The summed E-state index contributed by atoms with van der Waals surface area (Å²) in [6, 6.07) is 9.57. The molecule has 13 heteroatoms. The molecule has 2 aromatic rings. The third-order valence-corrected chi connectivity index (χ3v) is 6.40. The zero-order chi connectivity index (χ0) is 24.6. The maximum Gasteiger partial charge on any atom is 0.339 e. The normalized spacial score (nSPS) is 12.3. The second kappa shape index (κ2) is 12.7. The van der Waals surface area contributed by atoms with Gasteiger partial charge in [-0.15, -0.1) is 0 Å². The van der Waals surface area contributed by atoms with Crippen molar-refractivity contribution in [1.82, 2.24) is 9.80 Å². The van der Waals surface area contributed by atoms with E-state index in [-0.39, 0.29) is 62.7 Å². The van der Waals surface area contributed by atoms with Crippen LogP contribution in [0.4, 0.5) is 0 Å². The zero-order valence-corrected chi connectivity index (χ0v) is 19.7. The minimum Gasteiger partial charge on any atom is -0.507 e. The summed E-state index contributed by atoms with van der Waals surface area (Å²) in [4.78, 5) is 41.1. The summed E-state index contributed by atoms with van der Waals surface area (Å²) in [6.07, 6.45) is -0.727. The Morgan fingerprint density at radius 3 is 1.61 bits per heavy atom. The van der Waals surface area contributed by atoms with Crippen molar-refractivity contribution in [1.29, 1.82) is 0 Å². The van der Waals surface area contributed by atoms with E-state index < -0.39 is 22.3 Å². The highest BCUT2D eigenvalue weighted by atomic mass is 31.2. The number of para-hydroxylation sites is 2. The lowest BCUT2D eigenvalue weighted by atomic mass is 10.1. The largest absolute Gasteiger partial charge is 0.507 e. The van der Waals surface area contributed by atoms with Gasteiger partial charge < -0.3 is 40.0 Å². The highest BCUT2D eigenvalue weighted by Crippen LogP contribution is 2.36. The number of rotatable bonds is 13. The Bertz CT molecular complexity index is 955. The topological polar surface area (TPSA) is 185 Å². The van der Waals surface area contributed by atoms with Crippen LogP contribution in [0.25, 0.3) is 0 Å². The van der Waals surface area contributed by atoms with E-state index in [2.05, 4.69) is 0 Å². The fourth-order valence-electron chi connectivity index (χ4n) is 3.40. The van der Waals surface area contributed by atoms with Crippen molar-refractivity contribution in [3.05, 3.63) is 58.7 Å². The molecule has 0 bridgehead atoms. The molecule has 0 radical (unpaired) electrons. The summed E-state index contributed by atoms with van der Waals surface area (Å²) < 4.78 is 11.7. The molecule has 0 heterocycles. The van der Waals surface area contributed by atoms with E-state index in [1.165, 1.54) is 11.0 Å². The molecule has 33 heavy (non-hydrogen) atoms. The van der Waals surface area contributed by atoms with Gasteiger partial charge in [0.1, 0.15) is 17.8 Å². The number of nitrogens with zero attached hydrogens (tertiary/aromatic N) is 2. The molecule has 0 saturated heterocycles. The highest BCUT2D eigenvalue weighted by molar-refractivity contribution is 7.51. The third-order valence-electron chi connectivity index (χ3n) is 4.98. The molecule has 8 N–H and O–H groups in total. The molecule has 0 saturated carbocycles. The molecule has 2 rings (SSSR count). The number of aliphatic hydroxyl groups is 2. The number of hydrogen-bond donors (Lipinski definition) is 8. The first-order chi connectivity index (χ1) is 15.5. The SMILES string of the molecule is O=P(O)(O)CN(CCN(Cc1cccc(CO)c1O)CP(O)O)Cc1cccc(CO)c1O. The average Bonchev–Trinajstić information content (AvgIpc) is 2.73. The van der Waals surface area contributed by atoms with Gasteiger partial charge in [0.25, 0.3) is 0 Å². The summed E-state index contributed by atoms with van der Waals surface area (Å²) in [6.45, 7) is -0.413. The summed E-state index contributed by atoms with van der Waals surface area (Å²) >= 11 is 0. The molecule has 0 unspecified atom stereocenters. The van der Waals surface area contributed by atoms with Crippen LogP contribution < -0.4 is 0 Å². The molecule has 2 aromatic carbocycles. The minimum atomic E-state index is -4.45. The maximum atomic E-state index is 11.7. The van der Waals surface area contributed by atoms with E-state index in [0.717, 1.165) is 0 Å². The Morgan fingerprint density at radius 2 is 1.18 bits per heavy atom. The smallest absolute Gasteiger partial charge is 0.339 e. The van der Waals surface area contributed by atoms with Gasteiger partial charge in [-0.2, -0.15) is 0 Å². The summed E-state index contributed by atoms with van der Waals surface area (Å²) in [5, 5.41) is 39.3. The van der Waals surface area contributed by atoms with Crippen LogP contribution in [-0.2, 0) is 30.9 Å². The van der Waals surface area contributed by atoms with E-state index >= 15 is 0 Å². The van der Waals surface area contributed by atoms with Crippen LogP contribution in [0.3, 0.4) is 0 Å². The Labute approximate surface area is 192 Å². The second-order valence-corrected chi connectivity index (χ2v) is 10.2. The van der Waals surface area contributed by atoms with Crippen molar-refractivity contribution < 1.29 is 44.6 Å². The molecular weight excluding hydrogens is 474 g/mol. The molecule has 0 fully saturated rings. The molecule has 0 spiro atoms. The van der Waals surface area contributed by atoms with Crippen LogP contribution >= 0.6 is 16.0 Å². The van der Waals surface area contributed by atoms with Crippen LogP contribution in [0.2, 0.25) is 0 Å². The molecule has 11 nitrogen and oxygen atoms in total. The van der Waals surface area contributed by atoms with E-state index in [1.54, 1.807) is 35.2 Å². The lowest BCUT2D eigenvalue weighted by molar-refractivity contribution is 0.210. The van der Waals surface area contributed by atoms with Crippen LogP contribution in [0.5, 0.6) is 11.5 Å². The Hall–Kier alpha value is -1.62. The van der Waals surface area contributed by atoms with Gasteiger partial charge in [-0.3, -0.25) is 14.4 Å². The highest BCUT2D eigenvalue weighted by Gasteiger charge is 2.23. The van der Waals surface area contributed by atoms with Gasteiger partial charge in [-0.25, -0.2) is 0 Å². The van der Waals surface area contributed by atoms with Crippen LogP contribution in [-0.4, -0.2) is 75.5 Å². The predicted octanol–water partition coefficient (Wildman–Crippen LogP) is 0.776. The second-order valence-electron chi connectivity index (χ2n) is 7.59. The number of aromatic hydroxyl groups is 2. The molecule has 0 amide bonds. The fraction of sp³-hybridized carbons (Fsp3) is 0.400. The van der Waals surface area contributed by atoms with E-state index in [9.17, 15) is 44.6 Å². The number of benzene rings is 2. The van der Waals surface area contributed by atoms with Gasteiger partial charge in [-0.05, 0) is 0 Å². The number of phenols is 2. The van der Waals surface area contributed by atoms with Crippen molar-refractivity contribution in [3.8, 4) is 11.5 Å². The molecule has 0 aliphatic heterocycles. The fourth-order valence-corrected chi connectivity index (χ4v) is 4.76. The van der Waals surface area contributed by atoms with Gasteiger partial charge in [0.15, 0.2) is 8.38 Å².